The number of amides is 1. The fraction of sp³-hybridized carbons (Fsp3) is 0.500. The number of hydrogen-bond acceptors (Lipinski definition) is 7. The Morgan fingerprint density at radius 2 is 1.81 bits per heavy atom. The lowest BCUT2D eigenvalue weighted by Crippen LogP contribution is -2.49. The Labute approximate surface area is 218 Å². The second-order valence-electron chi connectivity index (χ2n) is 10.6. The number of aryl methyl sites for hydroxylation is 1. The van der Waals surface area contributed by atoms with Crippen molar-refractivity contribution in [1.29, 1.82) is 0 Å². The molecule has 2 fully saturated rings. The van der Waals surface area contributed by atoms with E-state index in [1.54, 1.807) is 0 Å². The minimum absolute atomic E-state index is 0.00845. The van der Waals surface area contributed by atoms with Crippen LogP contribution in [0, 0.1) is 6.92 Å². The Morgan fingerprint density at radius 1 is 1.05 bits per heavy atom. The number of hydrogen-bond donors (Lipinski definition) is 1. The van der Waals surface area contributed by atoms with Crippen LogP contribution in [0.1, 0.15) is 34.7 Å². The third kappa shape index (κ3) is 4.45. The highest BCUT2D eigenvalue weighted by molar-refractivity contribution is 5.87. The Balaban J connectivity index is 1.35. The summed E-state index contributed by atoms with van der Waals surface area (Å²) in [5, 5.41) is 8.69. The highest BCUT2D eigenvalue weighted by Gasteiger charge is 2.31. The van der Waals surface area contributed by atoms with Crippen LogP contribution in [0.4, 0.5) is 11.8 Å². The van der Waals surface area contributed by atoms with Crippen LogP contribution in [0.3, 0.4) is 0 Å². The first-order chi connectivity index (χ1) is 18.0. The van der Waals surface area contributed by atoms with Gasteiger partial charge in [-0.25, -0.2) is 4.98 Å². The Bertz CT molecular complexity index is 1320. The van der Waals surface area contributed by atoms with E-state index in [0.717, 1.165) is 75.8 Å². The molecule has 3 aliphatic rings. The van der Waals surface area contributed by atoms with Crippen molar-refractivity contribution >= 4 is 28.6 Å². The lowest BCUT2D eigenvalue weighted by atomic mass is 9.79. The predicted molar refractivity (Wildman–Crippen MR) is 146 cm³/mol. The molecule has 0 saturated carbocycles. The van der Waals surface area contributed by atoms with Gasteiger partial charge in [-0.15, -0.1) is 0 Å². The van der Waals surface area contributed by atoms with Crippen molar-refractivity contribution in [2.24, 2.45) is 0 Å². The van der Waals surface area contributed by atoms with E-state index < -0.39 is 0 Å². The third-order valence-corrected chi connectivity index (χ3v) is 8.39. The molecular weight excluding hydrogens is 464 g/mol. The van der Waals surface area contributed by atoms with E-state index in [1.807, 2.05) is 11.1 Å². The number of benzene rings is 1. The van der Waals surface area contributed by atoms with E-state index in [4.69, 9.17) is 9.97 Å². The monoisotopic (exact) mass is 500 g/mol. The van der Waals surface area contributed by atoms with Crippen molar-refractivity contribution in [3.8, 4) is 0 Å². The number of nitrogens with zero attached hydrogens (tertiary/aromatic N) is 7. The van der Waals surface area contributed by atoms with E-state index in [0.29, 0.717) is 19.0 Å². The number of likely N-dealkylation sites (N-methyl/N-ethyl adjacent to an activating group) is 1. The molecule has 9 nitrogen and oxygen atoms in total. The van der Waals surface area contributed by atoms with Crippen LogP contribution in [0.5, 0.6) is 0 Å². The van der Waals surface area contributed by atoms with Crippen LogP contribution in [0.15, 0.2) is 31.0 Å². The van der Waals surface area contributed by atoms with Gasteiger partial charge in [0.15, 0.2) is 0 Å². The molecule has 2 aromatic heterocycles. The number of nitrogens with one attached hydrogen (secondary N) is 1. The molecule has 1 unspecified atom stereocenters. The second kappa shape index (κ2) is 9.78. The van der Waals surface area contributed by atoms with Crippen LogP contribution in [0.25, 0.3) is 10.9 Å². The Kier molecular flexibility index (Phi) is 6.32. The maximum atomic E-state index is 12.1. The molecule has 4 heterocycles. The number of piperazine rings is 2. The van der Waals surface area contributed by atoms with Crippen molar-refractivity contribution in [3.63, 3.8) is 0 Å². The van der Waals surface area contributed by atoms with E-state index in [2.05, 4.69) is 57.6 Å². The van der Waals surface area contributed by atoms with Crippen molar-refractivity contribution in [3.05, 3.63) is 53.4 Å². The number of carbonyl (C=O) groups is 1. The van der Waals surface area contributed by atoms with Gasteiger partial charge in [0, 0.05) is 63.3 Å². The molecule has 1 amide bonds. The zero-order valence-corrected chi connectivity index (χ0v) is 21.9. The van der Waals surface area contributed by atoms with Gasteiger partial charge < -0.3 is 19.6 Å². The molecule has 1 atom stereocenters. The largest absolute Gasteiger partial charge is 0.353 e. The molecule has 1 N–H and O–H groups in total. The highest BCUT2D eigenvalue weighted by atomic mass is 16.2. The highest BCUT2D eigenvalue weighted by Crippen LogP contribution is 2.40. The van der Waals surface area contributed by atoms with E-state index in [9.17, 15) is 4.79 Å². The van der Waals surface area contributed by atoms with Crippen LogP contribution in [0.2, 0.25) is 0 Å². The second-order valence-corrected chi connectivity index (χ2v) is 10.6. The number of aromatic amines is 1. The standard InChI is InChI=1S/C28H36N8O/c1-4-25(37)34-13-15-35(16-14-34)27-21-7-6-20(26-19(2)5-8-23-22(26)18-29-32-23)17-24(21)30-28(31-27)36-11-9-33(3)10-12-36/h4-5,8,18,20H,1,6-7,9-17H2,2-3H3,(H,29,32). The van der Waals surface area contributed by atoms with Crippen LogP contribution in [-0.2, 0) is 17.6 Å². The molecular formula is C28H36N8O. The summed E-state index contributed by atoms with van der Waals surface area (Å²) in [5.41, 5.74) is 6.28. The topological polar surface area (TPSA) is 84.5 Å². The molecule has 2 saturated heterocycles. The van der Waals surface area contributed by atoms with Crippen molar-refractivity contribution in [1.82, 2.24) is 30.0 Å². The van der Waals surface area contributed by atoms with Gasteiger partial charge in [-0.1, -0.05) is 12.6 Å². The summed E-state index contributed by atoms with van der Waals surface area (Å²) in [5.74, 6) is 2.33. The lowest BCUT2D eigenvalue weighted by molar-refractivity contribution is -0.126. The molecule has 0 spiro atoms. The van der Waals surface area contributed by atoms with Gasteiger partial charge in [0.2, 0.25) is 11.9 Å². The quantitative estimate of drug-likeness (QED) is 0.551. The van der Waals surface area contributed by atoms with Gasteiger partial charge in [0.05, 0.1) is 17.4 Å². The normalized spacial score (nSPS) is 20.8. The van der Waals surface area contributed by atoms with E-state index >= 15 is 0 Å². The lowest BCUT2D eigenvalue weighted by Gasteiger charge is -2.38. The van der Waals surface area contributed by atoms with Gasteiger partial charge >= 0.3 is 0 Å². The summed E-state index contributed by atoms with van der Waals surface area (Å²) >= 11 is 0. The Morgan fingerprint density at radius 3 is 2.57 bits per heavy atom. The summed E-state index contributed by atoms with van der Waals surface area (Å²) in [7, 11) is 2.17. The minimum Gasteiger partial charge on any atom is -0.353 e. The first-order valence-electron chi connectivity index (χ1n) is 13.4. The first kappa shape index (κ1) is 23.9. The van der Waals surface area contributed by atoms with Crippen molar-refractivity contribution in [2.45, 2.75) is 32.1 Å². The van der Waals surface area contributed by atoms with Gasteiger partial charge in [-0.2, -0.15) is 10.1 Å². The van der Waals surface area contributed by atoms with E-state index in [-0.39, 0.29) is 5.91 Å². The van der Waals surface area contributed by atoms with Gasteiger partial charge in [0.1, 0.15) is 5.82 Å². The molecule has 37 heavy (non-hydrogen) atoms. The van der Waals surface area contributed by atoms with E-state index in [1.165, 1.54) is 33.8 Å². The molecule has 194 valence electrons. The van der Waals surface area contributed by atoms with Gasteiger partial charge in [0.25, 0.3) is 0 Å². The number of anilines is 2. The maximum absolute atomic E-state index is 12.1. The van der Waals surface area contributed by atoms with Crippen molar-refractivity contribution < 1.29 is 4.79 Å². The number of H-pyrrole nitrogens is 1. The fourth-order valence-corrected chi connectivity index (χ4v) is 6.20. The van der Waals surface area contributed by atoms with Gasteiger partial charge in [-0.3, -0.25) is 9.89 Å². The average molecular weight is 501 g/mol. The average Bonchev–Trinajstić information content (AvgIpc) is 3.41. The number of fused-ring (bicyclic) bond motifs is 2. The summed E-state index contributed by atoms with van der Waals surface area (Å²) < 4.78 is 0. The number of carbonyl (C=O) groups excluding carboxylic acids is 1. The van der Waals surface area contributed by atoms with Crippen molar-refractivity contribution in [2.75, 3.05) is 69.2 Å². The zero-order valence-electron chi connectivity index (χ0n) is 21.9. The zero-order chi connectivity index (χ0) is 25.5. The third-order valence-electron chi connectivity index (χ3n) is 8.39. The smallest absolute Gasteiger partial charge is 0.246 e. The predicted octanol–water partition coefficient (Wildman–Crippen LogP) is 2.52. The fourth-order valence-electron chi connectivity index (χ4n) is 6.20. The molecule has 3 aromatic rings. The first-order valence-corrected chi connectivity index (χ1v) is 13.4. The summed E-state index contributed by atoms with van der Waals surface area (Å²) in [6.07, 6.45) is 6.31. The maximum Gasteiger partial charge on any atom is 0.246 e. The molecule has 1 aromatic carbocycles. The summed E-state index contributed by atoms with van der Waals surface area (Å²) in [4.78, 5) is 31.5. The summed E-state index contributed by atoms with van der Waals surface area (Å²) in [6, 6.07) is 4.33. The molecule has 2 aliphatic heterocycles. The van der Waals surface area contributed by atoms with Crippen LogP contribution >= 0.6 is 0 Å². The number of aromatic nitrogens is 4. The number of rotatable bonds is 4. The van der Waals surface area contributed by atoms with Gasteiger partial charge in [-0.05, 0) is 62.4 Å². The minimum atomic E-state index is 0.00845. The SMILES string of the molecule is C=CC(=O)N1CCN(c2nc(N3CCN(C)CC3)nc3c2CCC(c2c(C)ccc4[nH]ncc24)C3)CC1. The van der Waals surface area contributed by atoms with Crippen LogP contribution in [-0.4, -0.2) is 95.3 Å². The molecule has 1 aliphatic carbocycles. The molecule has 9 heteroatoms. The summed E-state index contributed by atoms with van der Waals surface area (Å²) in [6.45, 7) is 12.7. The molecule has 6 rings (SSSR count). The molecule has 0 bridgehead atoms. The van der Waals surface area contributed by atoms with Crippen LogP contribution < -0.4 is 9.80 Å². The Hall–Kier alpha value is -3.46. The molecule has 0 radical (unpaired) electrons.